The molecule has 144 valence electrons. The van der Waals surface area contributed by atoms with Crippen molar-refractivity contribution in [2.75, 3.05) is 28.4 Å². The number of nitro benzene ring substituents is 1. The highest BCUT2D eigenvalue weighted by Crippen LogP contribution is 2.36. The maximum absolute atomic E-state index is 11.1. The van der Waals surface area contributed by atoms with Crippen LogP contribution in [0.5, 0.6) is 23.0 Å². The Balaban J connectivity index is 2.15. The molecule has 7 nitrogen and oxygen atoms in total. The van der Waals surface area contributed by atoms with Gasteiger partial charge in [-0.15, -0.1) is 11.8 Å². The first-order valence-corrected chi connectivity index (χ1v) is 8.98. The second-order valence-corrected chi connectivity index (χ2v) is 6.22. The van der Waals surface area contributed by atoms with Gasteiger partial charge in [0.15, 0.2) is 5.75 Å². The topological polar surface area (TPSA) is 80.1 Å². The number of nitrogens with zero attached hydrogens (tertiary/aromatic N) is 1. The molecule has 27 heavy (non-hydrogen) atoms. The summed E-state index contributed by atoms with van der Waals surface area (Å²) in [5, 5.41) is 13.0. The Morgan fingerprint density at radius 3 is 2.11 bits per heavy atom. The van der Waals surface area contributed by atoms with Gasteiger partial charge in [-0.25, -0.2) is 0 Å². The van der Waals surface area contributed by atoms with Crippen LogP contribution in [0.15, 0.2) is 35.7 Å². The molecule has 0 bridgehead atoms. The zero-order valence-electron chi connectivity index (χ0n) is 15.6. The number of hydrogen-bond donors (Lipinski definition) is 0. The lowest BCUT2D eigenvalue weighted by Crippen LogP contribution is -1.95. The first-order chi connectivity index (χ1) is 13.0. The van der Waals surface area contributed by atoms with Gasteiger partial charge in [0.1, 0.15) is 17.2 Å². The highest BCUT2D eigenvalue weighted by atomic mass is 32.2. The monoisotopic (exact) mass is 391 g/mol. The Hall–Kier alpha value is -2.87. The molecule has 0 N–H and O–H groups in total. The van der Waals surface area contributed by atoms with Crippen molar-refractivity contribution in [3.63, 3.8) is 0 Å². The third kappa shape index (κ3) is 5.07. The Labute approximate surface area is 162 Å². The van der Waals surface area contributed by atoms with Gasteiger partial charge in [-0.1, -0.05) is 6.07 Å². The fourth-order valence-electron chi connectivity index (χ4n) is 2.43. The van der Waals surface area contributed by atoms with Gasteiger partial charge in [0.25, 0.3) is 0 Å². The van der Waals surface area contributed by atoms with E-state index in [4.69, 9.17) is 18.9 Å². The molecule has 2 rings (SSSR count). The molecular weight excluding hydrogens is 370 g/mol. The predicted octanol–water partition coefficient (Wildman–Crippen LogP) is 4.53. The minimum Gasteiger partial charge on any atom is -0.496 e. The van der Waals surface area contributed by atoms with Crippen molar-refractivity contribution in [2.45, 2.75) is 5.75 Å². The molecule has 0 atom stereocenters. The third-order valence-corrected chi connectivity index (χ3v) is 4.60. The van der Waals surface area contributed by atoms with Gasteiger partial charge in [-0.2, -0.15) is 0 Å². The lowest BCUT2D eigenvalue weighted by Gasteiger charge is -2.12. The standard InChI is InChI=1S/C19H21NO6S/c1-23-14-10-18(25-3)15(19(11-14)26-4)7-8-27-12-13-5-6-17(24-2)16(9-13)20(21)22/h5-11H,12H2,1-4H3/b8-7+. The fourth-order valence-corrected chi connectivity index (χ4v) is 3.13. The Bertz CT molecular complexity index is 812. The Morgan fingerprint density at radius 1 is 0.963 bits per heavy atom. The highest BCUT2D eigenvalue weighted by Gasteiger charge is 2.15. The summed E-state index contributed by atoms with van der Waals surface area (Å²) in [6.07, 6.45) is 1.87. The number of methoxy groups -OCH3 is 4. The lowest BCUT2D eigenvalue weighted by atomic mass is 10.1. The van der Waals surface area contributed by atoms with E-state index in [0.29, 0.717) is 23.0 Å². The minimum absolute atomic E-state index is 0.0435. The molecule has 0 spiro atoms. The predicted molar refractivity (Wildman–Crippen MR) is 106 cm³/mol. The van der Waals surface area contributed by atoms with Gasteiger partial charge < -0.3 is 18.9 Å². The Kier molecular flexibility index (Phi) is 7.36. The van der Waals surface area contributed by atoms with Crippen LogP contribution in [0.2, 0.25) is 0 Å². The zero-order chi connectivity index (χ0) is 19.8. The van der Waals surface area contributed by atoms with Crippen LogP contribution in [-0.4, -0.2) is 33.4 Å². The number of benzene rings is 2. The van der Waals surface area contributed by atoms with Crippen LogP contribution in [0.25, 0.3) is 6.08 Å². The molecule has 0 heterocycles. The van der Waals surface area contributed by atoms with E-state index in [1.807, 2.05) is 11.5 Å². The molecule has 0 amide bonds. The summed E-state index contributed by atoms with van der Waals surface area (Å²) in [5.41, 5.74) is 1.57. The number of ether oxygens (including phenoxy) is 4. The normalized spacial score (nSPS) is 10.7. The highest BCUT2D eigenvalue weighted by molar-refractivity contribution is 8.01. The zero-order valence-corrected chi connectivity index (χ0v) is 16.4. The van der Waals surface area contributed by atoms with Crippen molar-refractivity contribution in [3.8, 4) is 23.0 Å². The minimum atomic E-state index is -0.448. The molecule has 0 unspecified atom stereocenters. The van der Waals surface area contributed by atoms with Crippen molar-refractivity contribution in [1.29, 1.82) is 0 Å². The Morgan fingerprint density at radius 2 is 1.59 bits per heavy atom. The lowest BCUT2D eigenvalue weighted by molar-refractivity contribution is -0.385. The largest absolute Gasteiger partial charge is 0.496 e. The van der Waals surface area contributed by atoms with E-state index in [1.54, 1.807) is 45.6 Å². The first-order valence-electron chi connectivity index (χ1n) is 7.93. The summed E-state index contributed by atoms with van der Waals surface area (Å²) < 4.78 is 21.1. The van der Waals surface area contributed by atoms with E-state index in [9.17, 15) is 10.1 Å². The second kappa shape index (κ2) is 9.72. The van der Waals surface area contributed by atoms with E-state index in [0.717, 1.165) is 11.1 Å². The molecule has 2 aromatic carbocycles. The molecule has 8 heteroatoms. The molecule has 0 aliphatic rings. The molecular formula is C19H21NO6S. The first kappa shape index (κ1) is 20.4. The number of nitro groups is 1. The SMILES string of the molecule is COc1cc(OC)c(/C=C/SCc2ccc(OC)c([N+](=O)[O-])c2)c(OC)c1. The summed E-state index contributed by atoms with van der Waals surface area (Å²) in [7, 11) is 6.15. The van der Waals surface area contributed by atoms with E-state index < -0.39 is 4.92 Å². The van der Waals surface area contributed by atoms with E-state index >= 15 is 0 Å². The maximum Gasteiger partial charge on any atom is 0.311 e. The number of rotatable bonds is 9. The van der Waals surface area contributed by atoms with Gasteiger partial charge in [0.2, 0.25) is 0 Å². The summed E-state index contributed by atoms with van der Waals surface area (Å²) in [4.78, 5) is 10.7. The van der Waals surface area contributed by atoms with Crippen LogP contribution in [0.1, 0.15) is 11.1 Å². The van der Waals surface area contributed by atoms with Crippen LogP contribution in [0.4, 0.5) is 5.69 Å². The molecule has 0 radical (unpaired) electrons. The van der Waals surface area contributed by atoms with Gasteiger partial charge in [-0.3, -0.25) is 10.1 Å². The second-order valence-electron chi connectivity index (χ2n) is 5.32. The van der Waals surface area contributed by atoms with Crippen molar-refractivity contribution in [2.24, 2.45) is 0 Å². The van der Waals surface area contributed by atoms with Crippen LogP contribution in [-0.2, 0) is 5.75 Å². The van der Waals surface area contributed by atoms with Gasteiger partial charge in [0, 0.05) is 24.0 Å². The van der Waals surface area contributed by atoms with Crippen molar-refractivity contribution in [3.05, 3.63) is 57.0 Å². The summed E-state index contributed by atoms with van der Waals surface area (Å²) in [5.74, 6) is 2.71. The average molecular weight is 391 g/mol. The van der Waals surface area contributed by atoms with Crippen molar-refractivity contribution < 1.29 is 23.9 Å². The van der Waals surface area contributed by atoms with Crippen molar-refractivity contribution in [1.82, 2.24) is 0 Å². The van der Waals surface area contributed by atoms with E-state index in [-0.39, 0.29) is 11.4 Å². The van der Waals surface area contributed by atoms with Gasteiger partial charge >= 0.3 is 5.69 Å². The summed E-state index contributed by atoms with van der Waals surface area (Å²) >= 11 is 1.50. The summed E-state index contributed by atoms with van der Waals surface area (Å²) in [6.45, 7) is 0. The van der Waals surface area contributed by atoms with E-state index in [1.165, 1.54) is 24.9 Å². The van der Waals surface area contributed by atoms with Crippen molar-refractivity contribution >= 4 is 23.5 Å². The quantitative estimate of drug-likeness (QED) is 0.459. The van der Waals surface area contributed by atoms with E-state index in [2.05, 4.69) is 0 Å². The number of hydrogen-bond acceptors (Lipinski definition) is 7. The summed E-state index contributed by atoms with van der Waals surface area (Å²) in [6, 6.07) is 8.49. The molecule has 0 fully saturated rings. The van der Waals surface area contributed by atoms with Crippen LogP contribution in [0.3, 0.4) is 0 Å². The third-order valence-electron chi connectivity index (χ3n) is 3.77. The van der Waals surface area contributed by atoms with Gasteiger partial charge in [-0.05, 0) is 23.1 Å². The van der Waals surface area contributed by atoms with Gasteiger partial charge in [0.05, 0.1) is 38.9 Å². The van der Waals surface area contributed by atoms with Crippen LogP contribution in [0, 0.1) is 10.1 Å². The van der Waals surface area contributed by atoms with Crippen LogP contribution >= 0.6 is 11.8 Å². The average Bonchev–Trinajstić information content (AvgIpc) is 2.70. The smallest absolute Gasteiger partial charge is 0.311 e. The van der Waals surface area contributed by atoms with Crippen LogP contribution < -0.4 is 18.9 Å². The molecule has 2 aromatic rings. The molecule has 0 aliphatic carbocycles. The molecule has 0 saturated heterocycles. The molecule has 0 saturated carbocycles. The fraction of sp³-hybridized carbons (Fsp3) is 0.263. The molecule has 0 aromatic heterocycles. The molecule has 0 aliphatic heterocycles. The number of thioether (sulfide) groups is 1. The maximum atomic E-state index is 11.1.